The second kappa shape index (κ2) is 7.16. The number of hydrogen-bond acceptors (Lipinski definition) is 3. The Morgan fingerprint density at radius 2 is 1.71 bits per heavy atom. The molecule has 3 rings (SSSR count). The number of hydrogen-bond donors (Lipinski definition) is 1. The van der Waals surface area contributed by atoms with E-state index in [-0.39, 0.29) is 0 Å². The van der Waals surface area contributed by atoms with Crippen LogP contribution in [-0.4, -0.2) is 42.3 Å². The molecule has 24 heavy (non-hydrogen) atoms. The summed E-state index contributed by atoms with van der Waals surface area (Å²) >= 11 is 0. The molecule has 0 aromatic heterocycles. The van der Waals surface area contributed by atoms with Gasteiger partial charge in [0.15, 0.2) is 0 Å². The third-order valence-corrected chi connectivity index (χ3v) is 4.78. The first kappa shape index (κ1) is 16.7. The Morgan fingerprint density at radius 3 is 2.29 bits per heavy atom. The molecule has 0 bridgehead atoms. The zero-order valence-corrected chi connectivity index (χ0v) is 14.2. The van der Waals surface area contributed by atoms with Crippen molar-refractivity contribution in [3.8, 4) is 11.1 Å². The molecule has 0 saturated carbocycles. The number of carbonyl (C=O) groups is 1. The molecule has 126 valence electrons. The van der Waals surface area contributed by atoms with Crippen LogP contribution in [0.4, 0.5) is 0 Å². The highest BCUT2D eigenvalue weighted by Gasteiger charge is 2.18. The van der Waals surface area contributed by atoms with Crippen LogP contribution in [0.1, 0.15) is 34.5 Å². The van der Waals surface area contributed by atoms with Gasteiger partial charge in [0.2, 0.25) is 0 Å². The predicted molar refractivity (Wildman–Crippen MR) is 94.4 cm³/mol. The lowest BCUT2D eigenvalue weighted by atomic mass is 9.97. The number of carboxylic acids is 1. The van der Waals surface area contributed by atoms with Gasteiger partial charge in [-0.2, -0.15) is 0 Å². The van der Waals surface area contributed by atoms with E-state index in [2.05, 4.69) is 36.1 Å². The van der Waals surface area contributed by atoms with Crippen molar-refractivity contribution < 1.29 is 14.6 Å². The SMILES string of the molecule is Cc1cc(-c2ccc([C@H](C)N3CCOCC3)cc2)ccc1C(=O)O. The quantitative estimate of drug-likeness (QED) is 0.930. The highest BCUT2D eigenvalue weighted by molar-refractivity contribution is 5.90. The van der Waals surface area contributed by atoms with Crippen LogP contribution in [0.3, 0.4) is 0 Å². The fraction of sp³-hybridized carbons (Fsp3) is 0.350. The van der Waals surface area contributed by atoms with Crippen LogP contribution in [0.15, 0.2) is 42.5 Å². The van der Waals surface area contributed by atoms with E-state index in [4.69, 9.17) is 9.84 Å². The summed E-state index contributed by atoms with van der Waals surface area (Å²) in [5.74, 6) is -0.881. The van der Waals surface area contributed by atoms with Crippen LogP contribution in [-0.2, 0) is 4.74 Å². The molecule has 2 aromatic rings. The molecule has 1 N–H and O–H groups in total. The average Bonchev–Trinajstić information content (AvgIpc) is 2.61. The van der Waals surface area contributed by atoms with E-state index in [0.717, 1.165) is 43.0 Å². The van der Waals surface area contributed by atoms with Crippen molar-refractivity contribution in [1.82, 2.24) is 4.90 Å². The highest BCUT2D eigenvalue weighted by Crippen LogP contribution is 2.26. The van der Waals surface area contributed by atoms with Crippen LogP contribution in [0.25, 0.3) is 11.1 Å². The molecule has 1 heterocycles. The number of aromatic carboxylic acids is 1. The molecule has 1 fully saturated rings. The minimum Gasteiger partial charge on any atom is -0.478 e. The molecule has 0 spiro atoms. The Labute approximate surface area is 142 Å². The standard InChI is InChI=1S/C20H23NO3/c1-14-13-18(7-8-19(14)20(22)23)17-5-3-16(4-6-17)15(2)21-9-11-24-12-10-21/h3-8,13,15H,9-12H2,1-2H3,(H,22,23)/t15-/m0/s1. The number of ether oxygens (including phenoxy) is 1. The lowest BCUT2D eigenvalue weighted by Crippen LogP contribution is -2.37. The summed E-state index contributed by atoms with van der Waals surface area (Å²) in [4.78, 5) is 13.6. The molecule has 0 aliphatic carbocycles. The second-order valence-corrected chi connectivity index (χ2v) is 6.28. The summed E-state index contributed by atoms with van der Waals surface area (Å²) in [6, 6.07) is 14.4. The van der Waals surface area contributed by atoms with Crippen molar-refractivity contribution in [3.63, 3.8) is 0 Å². The van der Waals surface area contributed by atoms with E-state index in [0.29, 0.717) is 11.6 Å². The molecule has 4 nitrogen and oxygen atoms in total. The number of carboxylic acid groups (broad SMARTS) is 1. The van der Waals surface area contributed by atoms with Crippen molar-refractivity contribution in [3.05, 3.63) is 59.2 Å². The largest absolute Gasteiger partial charge is 0.478 e. The third kappa shape index (κ3) is 3.50. The number of nitrogens with zero attached hydrogens (tertiary/aromatic N) is 1. The minimum absolute atomic E-state index is 0.358. The van der Waals surface area contributed by atoms with E-state index in [1.54, 1.807) is 6.07 Å². The molecule has 0 unspecified atom stereocenters. The Balaban J connectivity index is 1.79. The van der Waals surface area contributed by atoms with E-state index >= 15 is 0 Å². The lowest BCUT2D eigenvalue weighted by molar-refractivity contribution is 0.0198. The molecule has 2 aromatic carbocycles. The maximum absolute atomic E-state index is 11.1. The molecule has 1 aliphatic rings. The van der Waals surface area contributed by atoms with Crippen LogP contribution in [0.5, 0.6) is 0 Å². The fourth-order valence-electron chi connectivity index (χ4n) is 3.21. The van der Waals surface area contributed by atoms with Crippen LogP contribution in [0, 0.1) is 6.92 Å². The van der Waals surface area contributed by atoms with E-state index in [9.17, 15) is 4.79 Å². The van der Waals surface area contributed by atoms with Crippen molar-refractivity contribution in [2.45, 2.75) is 19.9 Å². The Kier molecular flexibility index (Phi) is 4.97. The maximum Gasteiger partial charge on any atom is 0.335 e. The zero-order valence-electron chi connectivity index (χ0n) is 14.2. The van der Waals surface area contributed by atoms with Crippen LogP contribution >= 0.6 is 0 Å². The summed E-state index contributed by atoms with van der Waals surface area (Å²) in [7, 11) is 0. The fourth-order valence-corrected chi connectivity index (χ4v) is 3.21. The average molecular weight is 325 g/mol. The van der Waals surface area contributed by atoms with Gasteiger partial charge < -0.3 is 9.84 Å². The van der Waals surface area contributed by atoms with Crippen molar-refractivity contribution in [2.24, 2.45) is 0 Å². The molecular weight excluding hydrogens is 302 g/mol. The van der Waals surface area contributed by atoms with Crippen LogP contribution < -0.4 is 0 Å². The zero-order chi connectivity index (χ0) is 17.1. The Hall–Kier alpha value is -2.17. The lowest BCUT2D eigenvalue weighted by Gasteiger charge is -2.32. The summed E-state index contributed by atoms with van der Waals surface area (Å²) in [5.41, 5.74) is 4.58. The molecule has 0 amide bonds. The summed E-state index contributed by atoms with van der Waals surface area (Å²) < 4.78 is 5.42. The second-order valence-electron chi connectivity index (χ2n) is 6.28. The van der Waals surface area contributed by atoms with Gasteiger partial charge in [-0.25, -0.2) is 4.79 Å². The number of benzene rings is 2. The Morgan fingerprint density at radius 1 is 1.08 bits per heavy atom. The van der Waals surface area contributed by atoms with E-state index in [1.165, 1.54) is 5.56 Å². The van der Waals surface area contributed by atoms with Gasteiger partial charge in [0.05, 0.1) is 18.8 Å². The van der Waals surface area contributed by atoms with Crippen molar-refractivity contribution in [2.75, 3.05) is 26.3 Å². The summed E-state index contributed by atoms with van der Waals surface area (Å²) in [6.45, 7) is 7.61. The van der Waals surface area contributed by atoms with Gasteiger partial charge in [0, 0.05) is 19.1 Å². The molecule has 4 heteroatoms. The molecule has 1 saturated heterocycles. The number of rotatable bonds is 4. The summed E-state index contributed by atoms with van der Waals surface area (Å²) in [5, 5.41) is 9.13. The van der Waals surface area contributed by atoms with Gasteiger partial charge in [0.1, 0.15) is 0 Å². The minimum atomic E-state index is -0.881. The van der Waals surface area contributed by atoms with E-state index < -0.39 is 5.97 Å². The van der Waals surface area contributed by atoms with Crippen molar-refractivity contribution >= 4 is 5.97 Å². The van der Waals surface area contributed by atoms with Gasteiger partial charge in [0.25, 0.3) is 0 Å². The first-order valence-corrected chi connectivity index (χ1v) is 8.32. The van der Waals surface area contributed by atoms with Gasteiger partial charge in [-0.05, 0) is 42.2 Å². The molecule has 1 atom stereocenters. The topological polar surface area (TPSA) is 49.8 Å². The maximum atomic E-state index is 11.1. The van der Waals surface area contributed by atoms with Crippen molar-refractivity contribution in [1.29, 1.82) is 0 Å². The number of aryl methyl sites for hydroxylation is 1. The normalized spacial score (nSPS) is 16.8. The smallest absolute Gasteiger partial charge is 0.335 e. The predicted octanol–water partition coefficient (Wildman–Crippen LogP) is 3.75. The van der Waals surface area contributed by atoms with Gasteiger partial charge in [-0.3, -0.25) is 4.90 Å². The van der Waals surface area contributed by atoms with Gasteiger partial charge in [-0.15, -0.1) is 0 Å². The van der Waals surface area contributed by atoms with Crippen LogP contribution in [0.2, 0.25) is 0 Å². The van der Waals surface area contributed by atoms with Gasteiger partial charge in [-0.1, -0.05) is 36.4 Å². The molecular formula is C20H23NO3. The Bertz CT molecular complexity index is 718. The number of morpholine rings is 1. The first-order valence-electron chi connectivity index (χ1n) is 8.32. The monoisotopic (exact) mass is 325 g/mol. The third-order valence-electron chi connectivity index (χ3n) is 4.78. The van der Waals surface area contributed by atoms with E-state index in [1.807, 2.05) is 19.1 Å². The molecule has 1 aliphatic heterocycles. The first-order chi connectivity index (χ1) is 11.6. The molecule has 0 radical (unpaired) electrons. The highest BCUT2D eigenvalue weighted by atomic mass is 16.5. The summed E-state index contributed by atoms with van der Waals surface area (Å²) in [6.07, 6.45) is 0. The van der Waals surface area contributed by atoms with Gasteiger partial charge >= 0.3 is 5.97 Å².